The smallest absolute Gasteiger partial charge is 0.320 e. The van der Waals surface area contributed by atoms with Crippen molar-refractivity contribution in [2.24, 2.45) is 5.73 Å². The predicted octanol–water partition coefficient (Wildman–Crippen LogP) is -0.195. The Labute approximate surface area is 82.6 Å². The Bertz CT molecular complexity index is 224. The lowest BCUT2D eigenvalue weighted by Gasteiger charge is -2.07. The molecule has 2 atom stereocenters. The SMILES string of the molecule is CP(=O)(O)CCC(N)C(=O)O.C[C]=O. The fraction of sp³-hybridized carbons (Fsp3) is 0.714. The van der Waals surface area contributed by atoms with Gasteiger partial charge in [-0.05, 0) is 6.42 Å². The molecule has 4 N–H and O–H groups in total. The molecule has 14 heavy (non-hydrogen) atoms. The summed E-state index contributed by atoms with van der Waals surface area (Å²) < 4.78 is 10.6. The van der Waals surface area contributed by atoms with Gasteiger partial charge in [-0.2, -0.15) is 0 Å². The number of carboxylic acids is 1. The Morgan fingerprint density at radius 3 is 2.21 bits per heavy atom. The molecule has 0 fully saturated rings. The highest BCUT2D eigenvalue weighted by Gasteiger charge is 2.16. The van der Waals surface area contributed by atoms with Crippen molar-refractivity contribution in [1.82, 2.24) is 0 Å². The van der Waals surface area contributed by atoms with Crippen LogP contribution in [0.3, 0.4) is 0 Å². The van der Waals surface area contributed by atoms with Gasteiger partial charge in [0.05, 0.1) is 0 Å². The van der Waals surface area contributed by atoms with Crippen molar-refractivity contribution in [3.63, 3.8) is 0 Å². The Morgan fingerprint density at radius 1 is 1.64 bits per heavy atom. The second-order valence-electron chi connectivity index (χ2n) is 2.71. The first-order valence-corrected chi connectivity index (χ1v) is 6.10. The maximum atomic E-state index is 10.6. The largest absolute Gasteiger partial charge is 0.480 e. The minimum atomic E-state index is -3.10. The third-order valence-electron chi connectivity index (χ3n) is 1.17. The van der Waals surface area contributed by atoms with E-state index in [2.05, 4.69) is 0 Å². The van der Waals surface area contributed by atoms with Crippen molar-refractivity contribution in [3.05, 3.63) is 0 Å². The van der Waals surface area contributed by atoms with E-state index in [-0.39, 0.29) is 12.6 Å². The molecule has 0 heterocycles. The van der Waals surface area contributed by atoms with Gasteiger partial charge in [-0.25, -0.2) is 0 Å². The van der Waals surface area contributed by atoms with Gasteiger partial charge in [0.15, 0.2) is 13.7 Å². The number of hydrogen-bond donors (Lipinski definition) is 3. The summed E-state index contributed by atoms with van der Waals surface area (Å²) in [6.45, 7) is 2.50. The van der Waals surface area contributed by atoms with Crippen molar-refractivity contribution >= 4 is 19.6 Å². The molecule has 2 unspecified atom stereocenters. The minimum Gasteiger partial charge on any atom is -0.480 e. The molecule has 0 amide bonds. The fourth-order valence-electron chi connectivity index (χ4n) is 0.502. The first kappa shape index (κ1) is 15.7. The number of aliphatic carboxylic acids is 1. The molecule has 0 aromatic carbocycles. The Hall–Kier alpha value is -0.710. The molecule has 7 heteroatoms. The van der Waals surface area contributed by atoms with Crippen LogP contribution in [0.1, 0.15) is 13.3 Å². The van der Waals surface area contributed by atoms with Crippen LogP contribution in [0.15, 0.2) is 0 Å². The van der Waals surface area contributed by atoms with Gasteiger partial charge in [0.1, 0.15) is 6.04 Å². The highest BCUT2D eigenvalue weighted by atomic mass is 31.2. The summed E-state index contributed by atoms with van der Waals surface area (Å²) in [5.74, 6) is -1.14. The zero-order chi connectivity index (χ0) is 11.8. The average Bonchev–Trinajstić information content (AvgIpc) is 2.00. The number of carbonyl (C=O) groups excluding carboxylic acids is 1. The molecule has 0 aliphatic carbocycles. The molecule has 1 radical (unpaired) electrons. The molecule has 0 bridgehead atoms. The molecule has 0 aromatic heterocycles. The van der Waals surface area contributed by atoms with Crippen LogP contribution in [0.25, 0.3) is 0 Å². The molecular formula is C7H15NO5P. The van der Waals surface area contributed by atoms with Crippen molar-refractivity contribution in [3.8, 4) is 0 Å². The maximum absolute atomic E-state index is 10.6. The Kier molecular flexibility index (Phi) is 8.63. The summed E-state index contributed by atoms with van der Waals surface area (Å²) in [4.78, 5) is 27.6. The third-order valence-corrected chi connectivity index (χ3v) is 2.26. The van der Waals surface area contributed by atoms with E-state index in [0.29, 0.717) is 0 Å². The molecule has 0 rings (SSSR count). The molecule has 6 nitrogen and oxygen atoms in total. The van der Waals surface area contributed by atoms with Crippen LogP contribution in [0, 0.1) is 0 Å². The second-order valence-corrected chi connectivity index (χ2v) is 5.26. The van der Waals surface area contributed by atoms with E-state index in [1.807, 2.05) is 0 Å². The van der Waals surface area contributed by atoms with Gasteiger partial charge >= 0.3 is 5.97 Å². The number of hydrogen-bond acceptors (Lipinski definition) is 4. The van der Waals surface area contributed by atoms with E-state index in [1.165, 1.54) is 19.9 Å². The molecule has 0 aliphatic heterocycles. The van der Waals surface area contributed by atoms with Crippen molar-refractivity contribution < 1.29 is 24.2 Å². The maximum Gasteiger partial charge on any atom is 0.320 e. The normalized spacial score (nSPS) is 15.7. The first-order valence-electron chi connectivity index (χ1n) is 3.81. The van der Waals surface area contributed by atoms with Crippen LogP contribution in [0.2, 0.25) is 0 Å². The predicted molar refractivity (Wildman–Crippen MR) is 52.2 cm³/mol. The molecule has 0 spiro atoms. The van der Waals surface area contributed by atoms with Gasteiger partial charge in [0.25, 0.3) is 0 Å². The lowest BCUT2D eigenvalue weighted by molar-refractivity contribution is -0.138. The van der Waals surface area contributed by atoms with E-state index in [4.69, 9.17) is 20.5 Å². The highest BCUT2D eigenvalue weighted by Crippen LogP contribution is 2.35. The third kappa shape index (κ3) is 13.9. The van der Waals surface area contributed by atoms with E-state index < -0.39 is 19.4 Å². The van der Waals surface area contributed by atoms with Crippen LogP contribution in [-0.2, 0) is 14.2 Å². The lowest BCUT2D eigenvalue weighted by atomic mass is 10.2. The molecule has 0 aliphatic rings. The van der Waals surface area contributed by atoms with E-state index in [9.17, 15) is 9.36 Å². The van der Waals surface area contributed by atoms with Crippen LogP contribution in [0.4, 0.5) is 0 Å². The summed E-state index contributed by atoms with van der Waals surface area (Å²) in [7, 11) is -3.10. The number of rotatable bonds is 4. The summed E-state index contributed by atoms with van der Waals surface area (Å²) in [6, 6.07) is -1.03. The van der Waals surface area contributed by atoms with Gasteiger partial charge in [-0.1, -0.05) is 0 Å². The summed E-state index contributed by atoms with van der Waals surface area (Å²) >= 11 is 0. The van der Waals surface area contributed by atoms with Gasteiger partial charge in [-0.15, -0.1) is 0 Å². The summed E-state index contributed by atoms with van der Waals surface area (Å²) in [5.41, 5.74) is 5.09. The van der Waals surface area contributed by atoms with Crippen LogP contribution < -0.4 is 5.73 Å². The Balaban J connectivity index is 0. The average molecular weight is 224 g/mol. The highest BCUT2D eigenvalue weighted by molar-refractivity contribution is 7.57. The molecule has 83 valence electrons. The first-order chi connectivity index (χ1) is 6.24. The number of nitrogens with two attached hydrogens (primary N) is 1. The number of carbonyl (C=O) groups is 1. The van der Waals surface area contributed by atoms with Crippen molar-refractivity contribution in [1.29, 1.82) is 0 Å². The van der Waals surface area contributed by atoms with Crippen molar-refractivity contribution in [2.75, 3.05) is 12.8 Å². The van der Waals surface area contributed by atoms with E-state index >= 15 is 0 Å². The van der Waals surface area contributed by atoms with Crippen LogP contribution in [-0.4, -0.2) is 41.1 Å². The molecular weight excluding hydrogens is 209 g/mol. The minimum absolute atomic E-state index is 0.0412. The molecule has 0 saturated heterocycles. The zero-order valence-electron chi connectivity index (χ0n) is 8.14. The van der Waals surface area contributed by atoms with Gasteiger partial charge < -0.3 is 15.7 Å². The van der Waals surface area contributed by atoms with Gasteiger partial charge in [0.2, 0.25) is 0 Å². The molecule has 0 aromatic rings. The van der Waals surface area contributed by atoms with E-state index in [1.54, 1.807) is 0 Å². The molecule has 0 saturated carbocycles. The topological polar surface area (TPSA) is 118 Å². The van der Waals surface area contributed by atoms with Gasteiger partial charge in [-0.3, -0.25) is 14.2 Å². The lowest BCUT2D eigenvalue weighted by Crippen LogP contribution is -2.30. The van der Waals surface area contributed by atoms with Crippen LogP contribution in [0.5, 0.6) is 0 Å². The van der Waals surface area contributed by atoms with Gasteiger partial charge in [0, 0.05) is 19.8 Å². The zero-order valence-corrected chi connectivity index (χ0v) is 9.03. The quantitative estimate of drug-likeness (QED) is 0.569. The Morgan fingerprint density at radius 2 is 2.00 bits per heavy atom. The summed E-state index contributed by atoms with van der Waals surface area (Å²) in [6.07, 6.45) is 1.50. The monoisotopic (exact) mass is 224 g/mol. The van der Waals surface area contributed by atoms with Crippen molar-refractivity contribution in [2.45, 2.75) is 19.4 Å². The summed E-state index contributed by atoms with van der Waals surface area (Å²) in [5, 5.41) is 8.28. The number of carboxylic acid groups (broad SMARTS) is 1. The standard InChI is InChI=1S/C5H12NO4P.C2H3O/c1-11(9,10)3-2-4(6)5(7)8;1-2-3/h4H,2-3,6H2,1H3,(H,7,8)(H,9,10);1H3. The van der Waals surface area contributed by atoms with Crippen LogP contribution >= 0.6 is 7.37 Å². The fourth-order valence-corrected chi connectivity index (χ4v) is 1.26. The second kappa shape index (κ2) is 7.67. The van der Waals surface area contributed by atoms with E-state index in [0.717, 1.165) is 0 Å².